The molecule has 3 atom stereocenters. The predicted molar refractivity (Wildman–Crippen MR) is 51.3 cm³/mol. The van der Waals surface area contributed by atoms with E-state index < -0.39 is 0 Å². The molecule has 3 unspecified atom stereocenters. The molecular formula is C9H14N2S. The summed E-state index contributed by atoms with van der Waals surface area (Å²) in [5.41, 5.74) is 6.95. The van der Waals surface area contributed by atoms with Gasteiger partial charge in [0.05, 0.1) is 5.01 Å². The number of thiazole rings is 1. The lowest BCUT2D eigenvalue weighted by molar-refractivity contribution is 0.630. The number of nitrogens with zero attached hydrogens (tertiary/aromatic N) is 1. The van der Waals surface area contributed by atoms with E-state index in [2.05, 4.69) is 17.3 Å². The maximum atomic E-state index is 5.81. The Morgan fingerprint density at radius 1 is 1.75 bits per heavy atom. The molecule has 2 nitrogen and oxygen atoms in total. The first-order valence-electron chi connectivity index (χ1n) is 4.36. The van der Waals surface area contributed by atoms with Crippen LogP contribution in [0, 0.1) is 12.8 Å². The molecule has 1 aliphatic carbocycles. The molecule has 0 radical (unpaired) electrons. The number of nitrogens with two attached hydrogens (primary N) is 1. The highest BCUT2D eigenvalue weighted by Gasteiger charge is 2.42. The fourth-order valence-electron chi connectivity index (χ4n) is 1.62. The highest BCUT2D eigenvalue weighted by Crippen LogP contribution is 2.49. The van der Waals surface area contributed by atoms with Gasteiger partial charge in [0.15, 0.2) is 0 Å². The minimum Gasteiger partial charge on any atom is -0.328 e. The fraction of sp³-hybridized carbons (Fsp3) is 0.667. The lowest BCUT2D eigenvalue weighted by atomic mass is 10.2. The Bertz CT molecular complexity index is 280. The molecule has 1 heterocycles. The second-order valence-electron chi connectivity index (χ2n) is 3.69. The Morgan fingerprint density at radius 3 is 2.92 bits per heavy atom. The SMILES string of the molecule is Cc1csc(C2CC2C(C)N)n1. The van der Waals surface area contributed by atoms with E-state index >= 15 is 0 Å². The van der Waals surface area contributed by atoms with Crippen molar-refractivity contribution in [2.24, 2.45) is 11.7 Å². The van der Waals surface area contributed by atoms with E-state index in [1.807, 2.05) is 6.92 Å². The number of hydrogen-bond acceptors (Lipinski definition) is 3. The molecule has 12 heavy (non-hydrogen) atoms. The summed E-state index contributed by atoms with van der Waals surface area (Å²) in [6.07, 6.45) is 1.24. The standard InChI is InChI=1S/C9H14N2S/c1-5-4-12-9(11-5)8-3-7(8)6(2)10/h4,6-8H,3,10H2,1-2H3. The molecule has 0 spiro atoms. The van der Waals surface area contributed by atoms with Gasteiger partial charge in [-0.3, -0.25) is 0 Å². The quantitative estimate of drug-likeness (QED) is 0.758. The third-order valence-electron chi connectivity index (χ3n) is 2.47. The zero-order valence-corrected chi connectivity index (χ0v) is 8.27. The summed E-state index contributed by atoms with van der Waals surface area (Å²) in [6.45, 7) is 4.13. The van der Waals surface area contributed by atoms with Crippen LogP contribution in [0.2, 0.25) is 0 Å². The summed E-state index contributed by atoms with van der Waals surface area (Å²) in [7, 11) is 0. The molecule has 2 N–H and O–H groups in total. The van der Waals surface area contributed by atoms with E-state index in [0.29, 0.717) is 17.9 Å². The number of rotatable bonds is 2. The molecule has 1 fully saturated rings. The molecule has 0 aliphatic heterocycles. The monoisotopic (exact) mass is 182 g/mol. The highest BCUT2D eigenvalue weighted by atomic mass is 32.1. The molecule has 0 amide bonds. The van der Waals surface area contributed by atoms with Crippen molar-refractivity contribution in [3.05, 3.63) is 16.1 Å². The zero-order chi connectivity index (χ0) is 8.72. The van der Waals surface area contributed by atoms with Gasteiger partial charge in [-0.05, 0) is 26.2 Å². The zero-order valence-electron chi connectivity index (χ0n) is 7.45. The molecule has 0 aromatic carbocycles. The van der Waals surface area contributed by atoms with Crippen molar-refractivity contribution in [2.75, 3.05) is 0 Å². The van der Waals surface area contributed by atoms with Crippen LogP contribution in [0.1, 0.15) is 30.0 Å². The Morgan fingerprint density at radius 2 is 2.50 bits per heavy atom. The van der Waals surface area contributed by atoms with Crippen LogP contribution in [0.4, 0.5) is 0 Å². The lowest BCUT2D eigenvalue weighted by Gasteiger charge is -2.00. The van der Waals surface area contributed by atoms with E-state index in [0.717, 1.165) is 5.69 Å². The molecule has 2 rings (SSSR count). The van der Waals surface area contributed by atoms with Crippen molar-refractivity contribution in [1.29, 1.82) is 0 Å². The predicted octanol–water partition coefficient (Wildman–Crippen LogP) is 1.90. The van der Waals surface area contributed by atoms with Crippen LogP contribution < -0.4 is 5.73 Å². The summed E-state index contributed by atoms with van der Waals surface area (Å²) in [5.74, 6) is 1.36. The van der Waals surface area contributed by atoms with Crippen molar-refractivity contribution in [3.8, 4) is 0 Å². The summed E-state index contributed by atoms with van der Waals surface area (Å²) >= 11 is 1.77. The maximum absolute atomic E-state index is 5.81. The van der Waals surface area contributed by atoms with Crippen molar-refractivity contribution < 1.29 is 0 Å². The van der Waals surface area contributed by atoms with Crippen LogP contribution in [0.3, 0.4) is 0 Å². The Kier molecular flexibility index (Phi) is 1.93. The minimum absolute atomic E-state index is 0.333. The van der Waals surface area contributed by atoms with Gasteiger partial charge in [0.2, 0.25) is 0 Å². The van der Waals surface area contributed by atoms with Crippen LogP contribution in [-0.4, -0.2) is 11.0 Å². The van der Waals surface area contributed by atoms with Gasteiger partial charge in [-0.1, -0.05) is 0 Å². The number of hydrogen-bond donors (Lipinski definition) is 1. The summed E-state index contributed by atoms with van der Waals surface area (Å²) in [6, 6.07) is 0.333. The first kappa shape index (κ1) is 8.20. The van der Waals surface area contributed by atoms with Crippen molar-refractivity contribution in [2.45, 2.75) is 32.2 Å². The second-order valence-corrected chi connectivity index (χ2v) is 4.58. The first-order chi connectivity index (χ1) is 5.68. The Labute approximate surface area is 76.8 Å². The van der Waals surface area contributed by atoms with E-state index in [9.17, 15) is 0 Å². The van der Waals surface area contributed by atoms with E-state index in [1.165, 1.54) is 11.4 Å². The van der Waals surface area contributed by atoms with Gasteiger partial charge >= 0.3 is 0 Å². The number of aromatic nitrogens is 1. The largest absolute Gasteiger partial charge is 0.328 e. The van der Waals surface area contributed by atoms with E-state index in [4.69, 9.17) is 5.73 Å². The average molecular weight is 182 g/mol. The lowest BCUT2D eigenvalue weighted by Crippen LogP contribution is -2.17. The highest BCUT2D eigenvalue weighted by molar-refractivity contribution is 7.09. The molecule has 3 heteroatoms. The van der Waals surface area contributed by atoms with Crippen LogP contribution in [0.25, 0.3) is 0 Å². The van der Waals surface area contributed by atoms with Gasteiger partial charge < -0.3 is 5.73 Å². The third-order valence-corrected chi connectivity index (χ3v) is 3.56. The first-order valence-corrected chi connectivity index (χ1v) is 5.24. The van der Waals surface area contributed by atoms with Gasteiger partial charge in [-0.25, -0.2) is 4.98 Å². The fourth-order valence-corrected chi connectivity index (χ4v) is 2.61. The Balaban J connectivity index is 2.05. The molecule has 1 saturated carbocycles. The smallest absolute Gasteiger partial charge is 0.0962 e. The maximum Gasteiger partial charge on any atom is 0.0962 e. The van der Waals surface area contributed by atoms with Gasteiger partial charge in [0.1, 0.15) is 0 Å². The van der Waals surface area contributed by atoms with Crippen LogP contribution in [0.5, 0.6) is 0 Å². The van der Waals surface area contributed by atoms with E-state index in [-0.39, 0.29) is 0 Å². The summed E-state index contributed by atoms with van der Waals surface area (Å²) < 4.78 is 0. The van der Waals surface area contributed by atoms with Crippen molar-refractivity contribution in [1.82, 2.24) is 4.98 Å². The van der Waals surface area contributed by atoms with Crippen LogP contribution in [0.15, 0.2) is 5.38 Å². The van der Waals surface area contributed by atoms with Crippen LogP contribution in [-0.2, 0) is 0 Å². The average Bonchev–Trinajstić information content (AvgIpc) is 2.70. The molecule has 0 bridgehead atoms. The van der Waals surface area contributed by atoms with E-state index in [1.54, 1.807) is 11.3 Å². The minimum atomic E-state index is 0.333. The van der Waals surface area contributed by atoms with Gasteiger partial charge in [-0.2, -0.15) is 0 Å². The Hall–Kier alpha value is -0.410. The number of aryl methyl sites for hydroxylation is 1. The third kappa shape index (κ3) is 1.39. The topological polar surface area (TPSA) is 38.9 Å². The second kappa shape index (κ2) is 2.82. The molecule has 1 aromatic rings. The molecule has 66 valence electrons. The molecule has 1 aliphatic rings. The molecule has 1 aromatic heterocycles. The van der Waals surface area contributed by atoms with Gasteiger partial charge in [-0.15, -0.1) is 11.3 Å². The van der Waals surface area contributed by atoms with Gasteiger partial charge in [0, 0.05) is 23.0 Å². The van der Waals surface area contributed by atoms with Crippen molar-refractivity contribution >= 4 is 11.3 Å². The normalized spacial score (nSPS) is 30.2. The molecular weight excluding hydrogens is 168 g/mol. The summed E-state index contributed by atoms with van der Waals surface area (Å²) in [4.78, 5) is 4.47. The summed E-state index contributed by atoms with van der Waals surface area (Å²) in [5, 5.41) is 3.40. The van der Waals surface area contributed by atoms with Gasteiger partial charge in [0.25, 0.3) is 0 Å². The molecule has 0 saturated heterocycles. The van der Waals surface area contributed by atoms with Crippen molar-refractivity contribution in [3.63, 3.8) is 0 Å². The van der Waals surface area contributed by atoms with Crippen LogP contribution >= 0.6 is 11.3 Å².